The lowest BCUT2D eigenvalue weighted by molar-refractivity contribution is 2.10. The molecule has 1 aliphatic rings. The van der Waals surface area contributed by atoms with Gasteiger partial charge >= 0.3 is 0 Å². The highest BCUT2D eigenvalue weighted by molar-refractivity contribution is 4.93. The smallest absolute Gasteiger partial charge is 0 e. The molecule has 0 saturated carbocycles. The Bertz CT molecular complexity index is 318. The zero-order chi connectivity index (χ0) is 7.07. The maximum atomic E-state index is 2.50. The summed E-state index contributed by atoms with van der Waals surface area (Å²) in [4.78, 5) is 0. The highest BCUT2D eigenvalue weighted by atomic mass is 13.4. The van der Waals surface area contributed by atoms with Crippen molar-refractivity contribution in [1.29, 1.82) is 0 Å². The molecule has 0 aliphatic heterocycles. The van der Waals surface area contributed by atoms with Gasteiger partial charge in [0.2, 0.25) is 0 Å². The van der Waals surface area contributed by atoms with Crippen molar-refractivity contribution in [3.05, 3.63) is 57.3 Å². The average molecular weight is 120 g/mol. The van der Waals surface area contributed by atoms with Gasteiger partial charge in [0.25, 0.3) is 0 Å². The first-order valence-electron chi connectivity index (χ1n) is 2.50. The van der Waals surface area contributed by atoms with Gasteiger partial charge in [0.1, 0.15) is 0 Å². The Morgan fingerprint density at radius 3 is 0.400 bits per heavy atom. The molecule has 0 nitrogen and oxygen atoms in total. The van der Waals surface area contributed by atoms with E-state index in [1.165, 1.54) is 0 Å². The van der Waals surface area contributed by atoms with E-state index in [9.17, 15) is 0 Å². The molecule has 0 N–H and O–H groups in total. The van der Waals surface area contributed by atoms with E-state index >= 15 is 0 Å². The molecule has 0 atom stereocenters. The maximum Gasteiger partial charge on any atom is 0 e. The van der Waals surface area contributed by atoms with Crippen molar-refractivity contribution >= 4 is 0 Å². The monoisotopic (exact) mass is 120 g/mol. The Morgan fingerprint density at radius 2 is 0.300 bits per heavy atom. The maximum absolute atomic E-state index is 2.50. The van der Waals surface area contributed by atoms with Gasteiger partial charge in [-0.2, -0.15) is 0 Å². The van der Waals surface area contributed by atoms with E-state index in [4.69, 9.17) is 0 Å². The fraction of sp³-hybridized carbons (Fsp3) is 0. The molecule has 10 heavy (non-hydrogen) atoms. The van der Waals surface area contributed by atoms with Crippen LogP contribution in [0, 0.1) is 0 Å². The molecule has 0 spiro atoms. The summed E-state index contributed by atoms with van der Waals surface area (Å²) < 4.78 is 0. The minimum atomic E-state index is 2.50. The first-order chi connectivity index (χ1) is 5.00. The molecule has 1 aliphatic carbocycles. The fourth-order valence-electron chi connectivity index (χ4n) is 0.312. The zero-order valence-corrected chi connectivity index (χ0v) is 5.00. The number of hydrogen-bond acceptors (Lipinski definition) is 0. The Hall–Kier alpha value is -2.20. The molecule has 0 bridgehead atoms. The second kappa shape index (κ2) is 3.76. The third-order valence-corrected chi connectivity index (χ3v) is 0.625. The van der Waals surface area contributed by atoms with Crippen LogP contribution in [-0.4, -0.2) is 0 Å². The van der Waals surface area contributed by atoms with Crippen LogP contribution in [0.25, 0.3) is 0 Å². The summed E-state index contributed by atoms with van der Waals surface area (Å²) in [5.74, 6) is 0. The van der Waals surface area contributed by atoms with Crippen molar-refractivity contribution in [2.75, 3.05) is 0 Å². The van der Waals surface area contributed by atoms with Gasteiger partial charge in [-0.3, -0.25) is 0 Å². The molecule has 0 unspecified atom stereocenters. The van der Waals surface area contributed by atoms with Gasteiger partial charge < -0.3 is 0 Å². The first-order valence-corrected chi connectivity index (χ1v) is 2.50. The summed E-state index contributed by atoms with van der Waals surface area (Å²) in [6.45, 7) is 0. The number of rotatable bonds is 0. The molecule has 1 rings (SSSR count). The van der Waals surface area contributed by atoms with Crippen molar-refractivity contribution < 1.29 is 0 Å². The van der Waals surface area contributed by atoms with Gasteiger partial charge in [-0.1, -0.05) is 0 Å². The van der Waals surface area contributed by atoms with Gasteiger partial charge in [-0.15, -0.1) is 0 Å². The SMILES string of the molecule is C1=C=C=C=C=C=C=C=C=C=1. The van der Waals surface area contributed by atoms with Crippen LogP contribution in [-0.2, 0) is 0 Å². The molecular formula is C10. The summed E-state index contributed by atoms with van der Waals surface area (Å²) in [7, 11) is 0. The van der Waals surface area contributed by atoms with Crippen molar-refractivity contribution in [1.82, 2.24) is 0 Å². The lowest BCUT2D eigenvalue weighted by Gasteiger charge is -1.41. The molecule has 0 amide bonds. The quantitative estimate of drug-likeness (QED) is 0.456. The van der Waals surface area contributed by atoms with Crippen molar-refractivity contribution in [2.45, 2.75) is 0 Å². The summed E-state index contributed by atoms with van der Waals surface area (Å²) >= 11 is 0. The van der Waals surface area contributed by atoms with E-state index in [2.05, 4.69) is 57.3 Å². The normalized spacial score (nSPS) is 8.00. The van der Waals surface area contributed by atoms with Crippen LogP contribution >= 0.6 is 0 Å². The summed E-state index contributed by atoms with van der Waals surface area (Å²) in [6, 6.07) is 0. The summed E-state index contributed by atoms with van der Waals surface area (Å²) in [5, 5.41) is 0. The van der Waals surface area contributed by atoms with Crippen LogP contribution in [0.2, 0.25) is 0 Å². The molecule has 40 valence electrons. The van der Waals surface area contributed by atoms with Crippen molar-refractivity contribution in [3.63, 3.8) is 0 Å². The van der Waals surface area contributed by atoms with Crippen molar-refractivity contribution in [3.8, 4) is 0 Å². The number of hydrogen-bond donors (Lipinski definition) is 0. The van der Waals surface area contributed by atoms with Gasteiger partial charge in [0, 0.05) is 57.3 Å². The van der Waals surface area contributed by atoms with Gasteiger partial charge in [-0.05, 0) is 0 Å². The van der Waals surface area contributed by atoms with Crippen molar-refractivity contribution in [2.24, 2.45) is 0 Å². The van der Waals surface area contributed by atoms with E-state index in [1.54, 1.807) is 0 Å². The van der Waals surface area contributed by atoms with Crippen LogP contribution in [0.1, 0.15) is 0 Å². The van der Waals surface area contributed by atoms with E-state index in [1.807, 2.05) is 0 Å². The second-order valence-electron chi connectivity index (χ2n) is 1.25. The van der Waals surface area contributed by atoms with Crippen LogP contribution in [0.4, 0.5) is 0 Å². The molecule has 0 heterocycles. The van der Waals surface area contributed by atoms with E-state index in [0.29, 0.717) is 0 Å². The Morgan fingerprint density at radius 1 is 0.200 bits per heavy atom. The van der Waals surface area contributed by atoms with Gasteiger partial charge in [0.05, 0.1) is 0 Å². The van der Waals surface area contributed by atoms with Gasteiger partial charge in [-0.25, -0.2) is 0 Å². The fourth-order valence-corrected chi connectivity index (χ4v) is 0.312. The minimum Gasteiger partial charge on any atom is 0 e. The Balaban J connectivity index is 4.00. The molecule has 0 aromatic carbocycles. The van der Waals surface area contributed by atoms with Crippen LogP contribution < -0.4 is 0 Å². The topological polar surface area (TPSA) is 0 Å². The zero-order valence-electron chi connectivity index (χ0n) is 5.00. The van der Waals surface area contributed by atoms with Crippen LogP contribution in [0.15, 0.2) is 57.3 Å². The highest BCUT2D eigenvalue weighted by Crippen LogP contribution is 1.58. The Labute approximate surface area is 58.1 Å². The third-order valence-electron chi connectivity index (χ3n) is 0.625. The molecule has 0 heteroatoms. The van der Waals surface area contributed by atoms with E-state index in [-0.39, 0.29) is 0 Å². The van der Waals surface area contributed by atoms with Crippen LogP contribution in [0.3, 0.4) is 0 Å². The molecule has 0 aromatic heterocycles. The lowest BCUT2D eigenvalue weighted by atomic mass is 10.6. The van der Waals surface area contributed by atoms with Crippen LogP contribution in [0.5, 0.6) is 0 Å². The molecular weight excluding hydrogens is 120 g/mol. The summed E-state index contributed by atoms with van der Waals surface area (Å²) in [6.07, 6.45) is 0. The van der Waals surface area contributed by atoms with E-state index < -0.39 is 0 Å². The largest absolute Gasteiger partial charge is 0 e. The average Bonchev–Trinajstić information content (AvgIpc) is 2.01. The molecule has 0 aromatic rings. The van der Waals surface area contributed by atoms with Gasteiger partial charge in [0.15, 0.2) is 0 Å². The minimum absolute atomic E-state index is 2.50. The second-order valence-corrected chi connectivity index (χ2v) is 1.25. The molecule has 0 radical (unpaired) electrons. The third kappa shape index (κ3) is 2.20. The lowest BCUT2D eigenvalue weighted by Crippen LogP contribution is -1.26. The van der Waals surface area contributed by atoms with E-state index in [0.717, 1.165) is 0 Å². The molecule has 0 saturated heterocycles. The molecule has 0 fully saturated rings. The standard InChI is InChI=1S/C10/c1-2-4-6-8-10-9-7-5-3-1. The highest BCUT2D eigenvalue weighted by Gasteiger charge is 1.42. The first kappa shape index (κ1) is 5.93. The predicted octanol–water partition coefficient (Wildman–Crippen LogP) is 1.55. The predicted molar refractivity (Wildman–Crippen MR) is 35.1 cm³/mol. The summed E-state index contributed by atoms with van der Waals surface area (Å²) in [5.41, 5.74) is 25.0. The Kier molecular flexibility index (Phi) is 2.23.